The van der Waals surface area contributed by atoms with Crippen LogP contribution < -0.4 is 0 Å². The smallest absolute Gasteiger partial charge is 0.317 e. The Hall–Kier alpha value is -1.39. The SMILES string of the molecule is CC1C(=O)OC(=O)C1CC1C(C)C2CC(C(=O)OC(C)(C)C)C1C2. The first kappa shape index (κ1) is 17.4. The van der Waals surface area contributed by atoms with Crippen LogP contribution in [0.5, 0.6) is 0 Å². The molecule has 2 aliphatic carbocycles. The lowest BCUT2D eigenvalue weighted by Gasteiger charge is -2.35. The van der Waals surface area contributed by atoms with Gasteiger partial charge in [-0.3, -0.25) is 14.4 Å². The predicted molar refractivity (Wildman–Crippen MR) is 86.6 cm³/mol. The van der Waals surface area contributed by atoms with Gasteiger partial charge in [0.05, 0.1) is 17.8 Å². The molecule has 0 aromatic rings. The molecule has 5 heteroatoms. The Bertz CT molecular complexity index is 561. The lowest BCUT2D eigenvalue weighted by atomic mass is 9.70. The second kappa shape index (κ2) is 5.85. The number of hydrogen-bond acceptors (Lipinski definition) is 5. The summed E-state index contributed by atoms with van der Waals surface area (Å²) in [5, 5.41) is 0. The van der Waals surface area contributed by atoms with Gasteiger partial charge in [-0.25, -0.2) is 0 Å². The molecule has 2 saturated carbocycles. The van der Waals surface area contributed by atoms with E-state index in [1.165, 1.54) is 0 Å². The molecule has 3 aliphatic rings. The van der Waals surface area contributed by atoms with Crippen LogP contribution in [0.1, 0.15) is 53.9 Å². The Morgan fingerprint density at radius 3 is 2.33 bits per heavy atom. The maximum atomic E-state index is 12.6. The molecule has 0 spiro atoms. The Morgan fingerprint density at radius 2 is 1.83 bits per heavy atom. The average molecular weight is 336 g/mol. The van der Waals surface area contributed by atoms with Crippen molar-refractivity contribution in [1.29, 1.82) is 0 Å². The molecular formula is C19H28O5. The average Bonchev–Trinajstić information content (AvgIpc) is 3.07. The van der Waals surface area contributed by atoms with Gasteiger partial charge in [-0.05, 0) is 63.7 Å². The Labute approximate surface area is 143 Å². The zero-order valence-electron chi connectivity index (χ0n) is 15.2. The quantitative estimate of drug-likeness (QED) is 0.585. The van der Waals surface area contributed by atoms with Gasteiger partial charge in [-0.15, -0.1) is 0 Å². The molecule has 1 saturated heterocycles. The van der Waals surface area contributed by atoms with Crippen LogP contribution in [0.15, 0.2) is 0 Å². The first-order valence-electron chi connectivity index (χ1n) is 9.07. The molecule has 0 radical (unpaired) electrons. The van der Waals surface area contributed by atoms with E-state index in [1.54, 1.807) is 6.92 Å². The number of cyclic esters (lactones) is 2. The summed E-state index contributed by atoms with van der Waals surface area (Å²) >= 11 is 0. The molecule has 1 aliphatic heterocycles. The third-order valence-electron chi connectivity index (χ3n) is 6.33. The van der Waals surface area contributed by atoms with E-state index < -0.39 is 17.5 Å². The molecule has 5 nitrogen and oxygen atoms in total. The fourth-order valence-electron chi connectivity index (χ4n) is 5.02. The highest BCUT2D eigenvalue weighted by Gasteiger charge is 2.55. The highest BCUT2D eigenvalue weighted by Crippen LogP contribution is 2.58. The van der Waals surface area contributed by atoms with E-state index in [9.17, 15) is 14.4 Å². The number of rotatable bonds is 3. The number of fused-ring (bicyclic) bond motifs is 2. The third-order valence-corrected chi connectivity index (χ3v) is 6.33. The zero-order valence-corrected chi connectivity index (χ0v) is 15.2. The third kappa shape index (κ3) is 2.98. The summed E-state index contributed by atoms with van der Waals surface area (Å²) in [7, 11) is 0. The molecule has 1 heterocycles. The molecular weight excluding hydrogens is 308 g/mol. The van der Waals surface area contributed by atoms with Gasteiger partial charge < -0.3 is 9.47 Å². The largest absolute Gasteiger partial charge is 0.460 e. The molecule has 7 unspecified atom stereocenters. The lowest BCUT2D eigenvalue weighted by molar-refractivity contribution is -0.163. The van der Waals surface area contributed by atoms with Crippen LogP contribution in [0, 0.1) is 41.4 Å². The first-order chi connectivity index (χ1) is 11.1. The van der Waals surface area contributed by atoms with Gasteiger partial charge in [0, 0.05) is 0 Å². The van der Waals surface area contributed by atoms with E-state index in [2.05, 4.69) is 6.92 Å². The number of esters is 3. The van der Waals surface area contributed by atoms with Crippen molar-refractivity contribution in [2.24, 2.45) is 41.4 Å². The number of hydrogen-bond donors (Lipinski definition) is 0. The van der Waals surface area contributed by atoms with Crippen molar-refractivity contribution in [1.82, 2.24) is 0 Å². The summed E-state index contributed by atoms with van der Waals surface area (Å²) < 4.78 is 10.4. The van der Waals surface area contributed by atoms with E-state index in [0.29, 0.717) is 18.3 Å². The predicted octanol–water partition coefficient (Wildman–Crippen LogP) is 2.96. The number of carbonyl (C=O) groups is 3. The molecule has 3 fully saturated rings. The summed E-state index contributed by atoms with van der Waals surface area (Å²) in [4.78, 5) is 36.1. The van der Waals surface area contributed by atoms with E-state index >= 15 is 0 Å². The summed E-state index contributed by atoms with van der Waals surface area (Å²) in [6.45, 7) is 9.65. The van der Waals surface area contributed by atoms with Crippen molar-refractivity contribution in [2.75, 3.05) is 0 Å². The van der Waals surface area contributed by atoms with Crippen molar-refractivity contribution < 1.29 is 23.9 Å². The molecule has 7 atom stereocenters. The van der Waals surface area contributed by atoms with Crippen molar-refractivity contribution in [3.63, 3.8) is 0 Å². The molecule has 24 heavy (non-hydrogen) atoms. The van der Waals surface area contributed by atoms with Crippen molar-refractivity contribution in [3.05, 3.63) is 0 Å². The highest BCUT2D eigenvalue weighted by molar-refractivity contribution is 5.96. The highest BCUT2D eigenvalue weighted by atomic mass is 16.6. The summed E-state index contributed by atoms with van der Waals surface area (Å²) in [6.07, 6.45) is 2.56. The summed E-state index contributed by atoms with van der Waals surface area (Å²) in [6, 6.07) is 0. The van der Waals surface area contributed by atoms with E-state index in [4.69, 9.17) is 9.47 Å². The minimum absolute atomic E-state index is 0.0705. The van der Waals surface area contributed by atoms with E-state index in [1.807, 2.05) is 20.8 Å². The first-order valence-corrected chi connectivity index (χ1v) is 9.07. The van der Waals surface area contributed by atoms with Gasteiger partial charge in [-0.1, -0.05) is 13.8 Å². The van der Waals surface area contributed by atoms with E-state index in [0.717, 1.165) is 12.8 Å². The summed E-state index contributed by atoms with van der Waals surface area (Å²) in [5.74, 6) is -0.176. The normalized spacial score (nSPS) is 41.6. The van der Waals surface area contributed by atoms with Crippen LogP contribution >= 0.6 is 0 Å². The molecule has 3 rings (SSSR count). The maximum absolute atomic E-state index is 12.6. The molecule has 2 bridgehead atoms. The lowest BCUT2D eigenvalue weighted by Crippen LogP contribution is -2.37. The zero-order chi connectivity index (χ0) is 17.8. The van der Waals surface area contributed by atoms with Gasteiger partial charge >= 0.3 is 17.9 Å². The van der Waals surface area contributed by atoms with E-state index in [-0.39, 0.29) is 35.6 Å². The van der Waals surface area contributed by atoms with Gasteiger partial charge in [0.15, 0.2) is 0 Å². The van der Waals surface area contributed by atoms with Gasteiger partial charge in [0.25, 0.3) is 0 Å². The fraction of sp³-hybridized carbons (Fsp3) is 0.842. The Morgan fingerprint density at radius 1 is 1.17 bits per heavy atom. The molecule has 134 valence electrons. The molecule has 0 N–H and O–H groups in total. The van der Waals surface area contributed by atoms with Crippen LogP contribution in [0.4, 0.5) is 0 Å². The molecule has 0 amide bonds. The fourth-order valence-corrected chi connectivity index (χ4v) is 5.02. The van der Waals surface area contributed by atoms with Crippen molar-refractivity contribution >= 4 is 17.9 Å². The second-order valence-corrected chi connectivity index (χ2v) is 8.93. The van der Waals surface area contributed by atoms with Gasteiger partial charge in [-0.2, -0.15) is 0 Å². The van der Waals surface area contributed by atoms with Crippen LogP contribution in [-0.2, 0) is 23.9 Å². The monoisotopic (exact) mass is 336 g/mol. The minimum atomic E-state index is -0.476. The van der Waals surface area contributed by atoms with Crippen LogP contribution in [-0.4, -0.2) is 23.5 Å². The number of ether oxygens (including phenoxy) is 2. The van der Waals surface area contributed by atoms with Crippen LogP contribution in [0.25, 0.3) is 0 Å². The van der Waals surface area contributed by atoms with Crippen molar-refractivity contribution in [3.8, 4) is 0 Å². The van der Waals surface area contributed by atoms with Gasteiger partial charge in [0.1, 0.15) is 5.60 Å². The summed E-state index contributed by atoms with van der Waals surface area (Å²) in [5.41, 5.74) is -0.476. The minimum Gasteiger partial charge on any atom is -0.460 e. The Balaban J connectivity index is 1.71. The van der Waals surface area contributed by atoms with Gasteiger partial charge in [0.2, 0.25) is 0 Å². The Kier molecular flexibility index (Phi) is 4.25. The molecule has 0 aromatic heterocycles. The second-order valence-electron chi connectivity index (χ2n) is 8.93. The molecule has 0 aromatic carbocycles. The van der Waals surface area contributed by atoms with Crippen molar-refractivity contribution in [2.45, 2.75) is 59.5 Å². The maximum Gasteiger partial charge on any atom is 0.317 e. The number of carbonyl (C=O) groups excluding carboxylic acids is 3. The van der Waals surface area contributed by atoms with Crippen LogP contribution in [0.3, 0.4) is 0 Å². The topological polar surface area (TPSA) is 69.7 Å². The van der Waals surface area contributed by atoms with Crippen LogP contribution in [0.2, 0.25) is 0 Å². The standard InChI is InChI=1S/C19H28O5/c1-9-11-6-14(15(7-11)18(22)24-19(3,4)5)12(9)8-13-10(2)16(20)23-17(13)21/h9-15H,6-8H2,1-5H3.